The van der Waals surface area contributed by atoms with E-state index in [0.29, 0.717) is 17.0 Å². The van der Waals surface area contributed by atoms with Gasteiger partial charge in [0.05, 0.1) is 0 Å². The molecule has 1 aliphatic carbocycles. The molecule has 0 amide bonds. The monoisotopic (exact) mass is 392 g/mol. The molecule has 0 aliphatic heterocycles. The maximum absolute atomic E-state index is 14.6. The molecule has 1 saturated carbocycles. The standard InChI is InChI=1S/C24H25FN2O2/c1-17(23-14-15-27(26-23)24(28)19-10-6-3-7-11-19)29-20-12-13-21(22(25)16-20)18-8-4-2-5-9-18/h2,4-5,8-9,12-17,19H,3,6-7,10-11H2,1H3/t17-/m0/s1. The Balaban J connectivity index is 1.44. The van der Waals surface area contributed by atoms with Crippen LogP contribution in [-0.2, 0) is 0 Å². The summed E-state index contributed by atoms with van der Waals surface area (Å²) < 4.78 is 21.9. The minimum atomic E-state index is -0.391. The van der Waals surface area contributed by atoms with Gasteiger partial charge < -0.3 is 4.74 Å². The summed E-state index contributed by atoms with van der Waals surface area (Å²) in [6.45, 7) is 1.85. The molecule has 1 atom stereocenters. The van der Waals surface area contributed by atoms with E-state index < -0.39 is 6.10 Å². The minimum Gasteiger partial charge on any atom is -0.484 e. The molecule has 0 unspecified atom stereocenters. The average molecular weight is 392 g/mol. The maximum Gasteiger partial charge on any atom is 0.249 e. The minimum absolute atomic E-state index is 0.0569. The first-order valence-corrected chi connectivity index (χ1v) is 10.2. The van der Waals surface area contributed by atoms with Crippen LogP contribution in [-0.4, -0.2) is 15.7 Å². The van der Waals surface area contributed by atoms with Crippen molar-refractivity contribution in [3.05, 3.63) is 72.3 Å². The van der Waals surface area contributed by atoms with Gasteiger partial charge in [0, 0.05) is 23.7 Å². The van der Waals surface area contributed by atoms with E-state index in [1.54, 1.807) is 24.4 Å². The van der Waals surface area contributed by atoms with Gasteiger partial charge >= 0.3 is 0 Å². The second-order valence-electron chi connectivity index (χ2n) is 7.63. The lowest BCUT2D eigenvalue weighted by molar-refractivity contribution is 0.0782. The Morgan fingerprint density at radius 3 is 2.59 bits per heavy atom. The van der Waals surface area contributed by atoms with Crippen LogP contribution in [0.1, 0.15) is 55.6 Å². The Kier molecular flexibility index (Phi) is 5.74. The number of ether oxygens (including phenoxy) is 1. The second kappa shape index (κ2) is 8.60. The van der Waals surface area contributed by atoms with Crippen molar-refractivity contribution in [2.24, 2.45) is 5.92 Å². The molecule has 1 aromatic heterocycles. The number of hydrogen-bond donors (Lipinski definition) is 0. The van der Waals surface area contributed by atoms with Crippen LogP contribution in [0.4, 0.5) is 4.39 Å². The molecular weight excluding hydrogens is 367 g/mol. The Morgan fingerprint density at radius 2 is 1.86 bits per heavy atom. The molecule has 1 fully saturated rings. The smallest absolute Gasteiger partial charge is 0.249 e. The number of carbonyl (C=O) groups excluding carboxylic acids is 1. The van der Waals surface area contributed by atoms with Gasteiger partial charge in [-0.05, 0) is 43.5 Å². The highest BCUT2D eigenvalue weighted by molar-refractivity contribution is 5.80. The summed E-state index contributed by atoms with van der Waals surface area (Å²) in [7, 11) is 0. The van der Waals surface area contributed by atoms with Gasteiger partial charge in [-0.15, -0.1) is 0 Å². The zero-order valence-corrected chi connectivity index (χ0v) is 16.6. The fourth-order valence-corrected chi connectivity index (χ4v) is 3.90. The van der Waals surface area contributed by atoms with E-state index >= 15 is 0 Å². The molecule has 3 aromatic rings. The summed E-state index contributed by atoms with van der Waals surface area (Å²) in [6.07, 6.45) is 6.60. The summed E-state index contributed by atoms with van der Waals surface area (Å²) >= 11 is 0. The van der Waals surface area contributed by atoms with E-state index in [-0.39, 0.29) is 17.6 Å². The van der Waals surface area contributed by atoms with Crippen molar-refractivity contribution in [3.8, 4) is 16.9 Å². The molecule has 4 nitrogen and oxygen atoms in total. The Bertz CT molecular complexity index is 978. The van der Waals surface area contributed by atoms with Gasteiger partial charge in [0.2, 0.25) is 5.91 Å². The number of carbonyl (C=O) groups is 1. The van der Waals surface area contributed by atoms with E-state index in [9.17, 15) is 9.18 Å². The molecule has 150 valence electrons. The SMILES string of the molecule is C[C@H](Oc1ccc(-c2ccccc2)c(F)c1)c1ccn(C(=O)C2CCCCC2)n1. The van der Waals surface area contributed by atoms with Gasteiger partial charge in [0.15, 0.2) is 0 Å². The molecule has 29 heavy (non-hydrogen) atoms. The van der Waals surface area contributed by atoms with Gasteiger partial charge in [-0.1, -0.05) is 49.6 Å². The van der Waals surface area contributed by atoms with Crippen molar-refractivity contribution >= 4 is 5.91 Å². The van der Waals surface area contributed by atoms with Gasteiger partial charge in [0.25, 0.3) is 0 Å². The third-order valence-corrected chi connectivity index (χ3v) is 5.54. The number of benzene rings is 2. The predicted molar refractivity (Wildman–Crippen MR) is 110 cm³/mol. The lowest BCUT2D eigenvalue weighted by Gasteiger charge is -2.19. The highest BCUT2D eigenvalue weighted by Gasteiger charge is 2.24. The summed E-state index contributed by atoms with van der Waals surface area (Å²) in [4.78, 5) is 12.6. The molecule has 4 rings (SSSR count). The molecular formula is C24H25FN2O2. The Labute approximate surface area is 170 Å². The maximum atomic E-state index is 14.6. The van der Waals surface area contributed by atoms with Crippen molar-refractivity contribution in [1.82, 2.24) is 9.78 Å². The lowest BCUT2D eigenvalue weighted by Crippen LogP contribution is -2.24. The lowest BCUT2D eigenvalue weighted by atomic mass is 9.89. The van der Waals surface area contributed by atoms with Gasteiger partial charge in [-0.25, -0.2) is 9.07 Å². The van der Waals surface area contributed by atoms with Crippen molar-refractivity contribution in [2.45, 2.75) is 45.1 Å². The van der Waals surface area contributed by atoms with Crippen molar-refractivity contribution in [3.63, 3.8) is 0 Å². The van der Waals surface area contributed by atoms with Crippen molar-refractivity contribution in [1.29, 1.82) is 0 Å². The molecule has 0 saturated heterocycles. The molecule has 1 heterocycles. The normalized spacial score (nSPS) is 15.8. The molecule has 2 aromatic carbocycles. The summed E-state index contributed by atoms with van der Waals surface area (Å²) in [5, 5.41) is 4.42. The average Bonchev–Trinajstić information content (AvgIpc) is 3.25. The van der Waals surface area contributed by atoms with E-state index in [0.717, 1.165) is 31.2 Å². The first kappa shape index (κ1) is 19.4. The number of nitrogens with zero attached hydrogens (tertiary/aromatic N) is 2. The highest BCUT2D eigenvalue weighted by atomic mass is 19.1. The van der Waals surface area contributed by atoms with Crippen molar-refractivity contribution in [2.75, 3.05) is 0 Å². The fourth-order valence-electron chi connectivity index (χ4n) is 3.90. The summed E-state index contributed by atoms with van der Waals surface area (Å²) in [6, 6.07) is 16.1. The predicted octanol–water partition coefficient (Wildman–Crippen LogP) is 6.05. The van der Waals surface area contributed by atoms with Gasteiger partial charge in [-0.2, -0.15) is 5.10 Å². The first-order valence-electron chi connectivity index (χ1n) is 10.2. The number of halogens is 1. The Morgan fingerprint density at radius 1 is 1.10 bits per heavy atom. The van der Waals surface area contributed by atoms with Crippen LogP contribution in [0.3, 0.4) is 0 Å². The third-order valence-electron chi connectivity index (χ3n) is 5.54. The molecule has 0 radical (unpaired) electrons. The number of rotatable bonds is 5. The van der Waals surface area contributed by atoms with Gasteiger partial charge in [-0.3, -0.25) is 4.79 Å². The number of aromatic nitrogens is 2. The van der Waals surface area contributed by atoms with Crippen LogP contribution in [0.15, 0.2) is 60.8 Å². The molecule has 0 bridgehead atoms. The molecule has 0 spiro atoms. The highest BCUT2D eigenvalue weighted by Crippen LogP contribution is 2.29. The molecule has 5 heteroatoms. The van der Waals surface area contributed by atoms with E-state index in [2.05, 4.69) is 5.10 Å². The molecule has 0 N–H and O–H groups in total. The van der Waals surface area contributed by atoms with Crippen molar-refractivity contribution < 1.29 is 13.9 Å². The van der Waals surface area contributed by atoms with Crippen LogP contribution in [0.5, 0.6) is 5.75 Å². The first-order chi connectivity index (χ1) is 14.1. The zero-order chi connectivity index (χ0) is 20.2. The van der Waals surface area contributed by atoms with E-state index in [4.69, 9.17) is 4.74 Å². The van der Waals surface area contributed by atoms with Crippen LogP contribution < -0.4 is 4.74 Å². The number of hydrogen-bond acceptors (Lipinski definition) is 3. The zero-order valence-electron chi connectivity index (χ0n) is 16.6. The second-order valence-corrected chi connectivity index (χ2v) is 7.63. The third kappa shape index (κ3) is 4.39. The van der Waals surface area contributed by atoms with Crippen LogP contribution >= 0.6 is 0 Å². The Hall–Kier alpha value is -2.95. The van der Waals surface area contributed by atoms with E-state index in [1.165, 1.54) is 17.2 Å². The largest absolute Gasteiger partial charge is 0.484 e. The van der Waals surface area contributed by atoms with E-state index in [1.807, 2.05) is 37.3 Å². The van der Waals surface area contributed by atoms with Crippen LogP contribution in [0.25, 0.3) is 11.1 Å². The quantitative estimate of drug-likeness (QED) is 0.531. The van der Waals surface area contributed by atoms with Crippen LogP contribution in [0.2, 0.25) is 0 Å². The van der Waals surface area contributed by atoms with Gasteiger partial charge in [0.1, 0.15) is 23.4 Å². The summed E-state index contributed by atoms with van der Waals surface area (Å²) in [5.41, 5.74) is 2.01. The summed E-state index contributed by atoms with van der Waals surface area (Å²) in [5.74, 6) is 0.218. The topological polar surface area (TPSA) is 44.1 Å². The fraction of sp³-hybridized carbons (Fsp3) is 0.333. The van der Waals surface area contributed by atoms with Crippen LogP contribution in [0, 0.1) is 11.7 Å². The molecule has 1 aliphatic rings.